The maximum absolute atomic E-state index is 12.9. The van der Waals surface area contributed by atoms with E-state index in [2.05, 4.69) is 29.1 Å². The second-order valence-corrected chi connectivity index (χ2v) is 4.80. The van der Waals surface area contributed by atoms with Gasteiger partial charge in [0.1, 0.15) is 17.5 Å². The molecule has 2 aromatic rings. The van der Waals surface area contributed by atoms with Crippen molar-refractivity contribution in [2.75, 3.05) is 12.4 Å². The predicted octanol–water partition coefficient (Wildman–Crippen LogP) is 3.37. The van der Waals surface area contributed by atoms with E-state index in [0.717, 1.165) is 22.9 Å². The van der Waals surface area contributed by atoms with Crippen molar-refractivity contribution in [3.8, 4) is 0 Å². The monoisotopic (exact) mass is 259 g/mol. The molecule has 2 rings (SSSR count). The van der Waals surface area contributed by atoms with Crippen LogP contribution in [-0.4, -0.2) is 17.0 Å². The van der Waals surface area contributed by atoms with Crippen LogP contribution in [0.1, 0.15) is 36.8 Å². The Labute approximate surface area is 112 Å². The van der Waals surface area contributed by atoms with Crippen molar-refractivity contribution >= 4 is 5.82 Å². The van der Waals surface area contributed by atoms with E-state index in [0.29, 0.717) is 12.3 Å². The Kier molecular flexibility index (Phi) is 4.10. The van der Waals surface area contributed by atoms with Crippen LogP contribution in [0.4, 0.5) is 10.2 Å². The fourth-order valence-corrected chi connectivity index (χ4v) is 1.81. The Balaban J connectivity index is 2.28. The molecule has 1 heterocycles. The van der Waals surface area contributed by atoms with Crippen LogP contribution in [-0.2, 0) is 6.42 Å². The maximum Gasteiger partial charge on any atom is 0.135 e. The first-order valence-corrected chi connectivity index (χ1v) is 6.38. The topological polar surface area (TPSA) is 37.8 Å². The van der Waals surface area contributed by atoms with Crippen LogP contribution in [0.3, 0.4) is 0 Å². The molecule has 0 aliphatic heterocycles. The Morgan fingerprint density at radius 1 is 1.16 bits per heavy atom. The lowest BCUT2D eigenvalue weighted by atomic mass is 10.1. The van der Waals surface area contributed by atoms with Crippen LogP contribution < -0.4 is 5.32 Å². The Morgan fingerprint density at radius 2 is 1.84 bits per heavy atom. The molecule has 0 fully saturated rings. The standard InChI is InChI=1S/C15H18FN3/c1-10(2)13-9-14(17-3)19-15(18-13)8-11-4-6-12(16)7-5-11/h4-7,9-10H,8H2,1-3H3,(H,17,18,19). The highest BCUT2D eigenvalue weighted by molar-refractivity contribution is 5.37. The van der Waals surface area contributed by atoms with E-state index in [-0.39, 0.29) is 5.82 Å². The van der Waals surface area contributed by atoms with Crippen LogP contribution in [0.15, 0.2) is 30.3 Å². The van der Waals surface area contributed by atoms with Gasteiger partial charge in [-0.05, 0) is 23.6 Å². The van der Waals surface area contributed by atoms with Gasteiger partial charge in [0.15, 0.2) is 0 Å². The average Bonchev–Trinajstić information content (AvgIpc) is 2.41. The summed E-state index contributed by atoms with van der Waals surface area (Å²) in [6, 6.07) is 8.40. The molecule has 0 aliphatic rings. The molecule has 1 aromatic carbocycles. The highest BCUT2D eigenvalue weighted by atomic mass is 19.1. The van der Waals surface area contributed by atoms with Crippen molar-refractivity contribution < 1.29 is 4.39 Å². The lowest BCUT2D eigenvalue weighted by Gasteiger charge is -2.10. The van der Waals surface area contributed by atoms with Gasteiger partial charge in [0.2, 0.25) is 0 Å². The van der Waals surface area contributed by atoms with Crippen molar-refractivity contribution in [1.82, 2.24) is 9.97 Å². The molecule has 1 aromatic heterocycles. The van der Waals surface area contributed by atoms with Crippen molar-refractivity contribution in [3.05, 3.63) is 53.2 Å². The molecule has 0 saturated carbocycles. The molecule has 4 heteroatoms. The number of nitrogens with one attached hydrogen (secondary N) is 1. The number of hydrogen-bond acceptors (Lipinski definition) is 3. The number of aromatic nitrogens is 2. The van der Waals surface area contributed by atoms with Crippen LogP contribution in [0.25, 0.3) is 0 Å². The summed E-state index contributed by atoms with van der Waals surface area (Å²) in [5.41, 5.74) is 2.01. The molecular weight excluding hydrogens is 241 g/mol. The number of anilines is 1. The van der Waals surface area contributed by atoms with Gasteiger partial charge in [-0.15, -0.1) is 0 Å². The molecular formula is C15H18FN3. The Hall–Kier alpha value is -1.97. The average molecular weight is 259 g/mol. The molecule has 0 unspecified atom stereocenters. The third kappa shape index (κ3) is 3.50. The number of rotatable bonds is 4. The summed E-state index contributed by atoms with van der Waals surface area (Å²) in [4.78, 5) is 8.99. The highest BCUT2D eigenvalue weighted by Gasteiger charge is 2.08. The fraction of sp³-hybridized carbons (Fsp3) is 0.333. The van der Waals surface area contributed by atoms with E-state index in [4.69, 9.17) is 0 Å². The van der Waals surface area contributed by atoms with Crippen molar-refractivity contribution in [3.63, 3.8) is 0 Å². The molecule has 0 radical (unpaired) electrons. The largest absolute Gasteiger partial charge is 0.373 e. The molecule has 0 saturated heterocycles. The molecule has 100 valence electrons. The molecule has 0 amide bonds. The number of benzene rings is 1. The number of nitrogens with zero attached hydrogens (tertiary/aromatic N) is 2. The van der Waals surface area contributed by atoms with E-state index >= 15 is 0 Å². The molecule has 3 nitrogen and oxygen atoms in total. The molecule has 0 atom stereocenters. The summed E-state index contributed by atoms with van der Waals surface area (Å²) in [6.45, 7) is 4.20. The van der Waals surface area contributed by atoms with Gasteiger partial charge in [0.05, 0.1) is 0 Å². The minimum absolute atomic E-state index is 0.225. The highest BCUT2D eigenvalue weighted by Crippen LogP contribution is 2.17. The van der Waals surface area contributed by atoms with Gasteiger partial charge in [-0.3, -0.25) is 0 Å². The van der Waals surface area contributed by atoms with E-state index in [9.17, 15) is 4.39 Å². The normalized spacial score (nSPS) is 10.8. The molecule has 1 N–H and O–H groups in total. The summed E-state index contributed by atoms with van der Waals surface area (Å²) in [6.07, 6.45) is 0.607. The first-order valence-electron chi connectivity index (χ1n) is 6.38. The quantitative estimate of drug-likeness (QED) is 0.914. The van der Waals surface area contributed by atoms with E-state index in [1.54, 1.807) is 12.1 Å². The Bertz CT molecular complexity index is 550. The molecule has 0 spiro atoms. The first-order chi connectivity index (χ1) is 9.08. The van der Waals surface area contributed by atoms with Gasteiger partial charge >= 0.3 is 0 Å². The minimum atomic E-state index is -0.225. The number of halogens is 1. The second-order valence-electron chi connectivity index (χ2n) is 4.80. The zero-order valence-electron chi connectivity index (χ0n) is 11.4. The third-order valence-electron chi connectivity index (χ3n) is 2.92. The molecule has 19 heavy (non-hydrogen) atoms. The van der Waals surface area contributed by atoms with Crippen molar-refractivity contribution in [2.45, 2.75) is 26.2 Å². The Morgan fingerprint density at radius 3 is 2.42 bits per heavy atom. The van der Waals surface area contributed by atoms with Crippen LogP contribution in [0, 0.1) is 5.82 Å². The van der Waals surface area contributed by atoms with Gasteiger partial charge in [-0.2, -0.15) is 0 Å². The van der Waals surface area contributed by atoms with Gasteiger partial charge < -0.3 is 5.32 Å². The second kappa shape index (κ2) is 5.78. The van der Waals surface area contributed by atoms with E-state index in [1.165, 1.54) is 12.1 Å². The zero-order valence-corrected chi connectivity index (χ0v) is 11.4. The number of hydrogen-bond donors (Lipinski definition) is 1. The summed E-state index contributed by atoms with van der Waals surface area (Å²) in [5, 5.41) is 3.05. The summed E-state index contributed by atoms with van der Waals surface area (Å²) >= 11 is 0. The van der Waals surface area contributed by atoms with Gasteiger partial charge in [0.25, 0.3) is 0 Å². The van der Waals surface area contributed by atoms with Crippen LogP contribution in [0.5, 0.6) is 0 Å². The van der Waals surface area contributed by atoms with E-state index in [1.807, 2.05) is 13.1 Å². The summed E-state index contributed by atoms with van der Waals surface area (Å²) in [7, 11) is 1.84. The molecule has 0 bridgehead atoms. The van der Waals surface area contributed by atoms with Crippen LogP contribution >= 0.6 is 0 Å². The van der Waals surface area contributed by atoms with Gasteiger partial charge in [-0.25, -0.2) is 14.4 Å². The first kappa shape index (κ1) is 13.5. The van der Waals surface area contributed by atoms with Gasteiger partial charge in [-0.1, -0.05) is 26.0 Å². The third-order valence-corrected chi connectivity index (χ3v) is 2.92. The maximum atomic E-state index is 12.9. The SMILES string of the molecule is CNc1cc(C(C)C)nc(Cc2ccc(F)cc2)n1. The molecule has 0 aliphatic carbocycles. The lowest BCUT2D eigenvalue weighted by molar-refractivity contribution is 0.627. The summed E-state index contributed by atoms with van der Waals surface area (Å²) in [5.74, 6) is 1.69. The fourth-order valence-electron chi connectivity index (χ4n) is 1.81. The van der Waals surface area contributed by atoms with Crippen molar-refractivity contribution in [1.29, 1.82) is 0 Å². The predicted molar refractivity (Wildman–Crippen MR) is 74.9 cm³/mol. The zero-order chi connectivity index (χ0) is 13.8. The smallest absolute Gasteiger partial charge is 0.135 e. The lowest BCUT2D eigenvalue weighted by Crippen LogP contribution is -2.05. The van der Waals surface area contributed by atoms with Crippen LogP contribution in [0.2, 0.25) is 0 Å². The minimum Gasteiger partial charge on any atom is -0.373 e. The van der Waals surface area contributed by atoms with Crippen molar-refractivity contribution in [2.24, 2.45) is 0 Å². The van der Waals surface area contributed by atoms with E-state index < -0.39 is 0 Å². The van der Waals surface area contributed by atoms with Gasteiger partial charge in [0, 0.05) is 25.2 Å². The summed E-state index contributed by atoms with van der Waals surface area (Å²) < 4.78 is 12.9.